The van der Waals surface area contributed by atoms with E-state index in [9.17, 15) is 4.79 Å². The minimum Gasteiger partial charge on any atom is -0.396 e. The SMILES string of the molecule is CN1C(=O)[C@H](CCO)NC1=S. The Morgan fingerprint density at radius 1 is 1.82 bits per heavy atom. The Kier molecular flexibility index (Phi) is 2.41. The third-order valence-corrected chi connectivity index (χ3v) is 2.04. The smallest absolute Gasteiger partial charge is 0.251 e. The standard InChI is InChI=1S/C6H10N2O2S/c1-8-5(10)4(2-3-9)7-6(8)11/h4,9H,2-3H2,1H3,(H,7,11)/t4-/m0/s1. The van der Waals surface area contributed by atoms with Crippen LogP contribution in [0.2, 0.25) is 0 Å². The third-order valence-electron chi connectivity index (χ3n) is 1.65. The van der Waals surface area contributed by atoms with Gasteiger partial charge in [0.2, 0.25) is 0 Å². The van der Waals surface area contributed by atoms with Crippen LogP contribution in [0, 0.1) is 0 Å². The topological polar surface area (TPSA) is 52.6 Å². The van der Waals surface area contributed by atoms with Crippen molar-refractivity contribution in [2.24, 2.45) is 0 Å². The van der Waals surface area contributed by atoms with E-state index in [0.717, 1.165) is 0 Å². The van der Waals surface area contributed by atoms with E-state index in [-0.39, 0.29) is 18.6 Å². The van der Waals surface area contributed by atoms with Crippen LogP contribution < -0.4 is 5.32 Å². The molecule has 0 unspecified atom stereocenters. The Balaban J connectivity index is 2.60. The molecule has 1 saturated heterocycles. The molecule has 1 fully saturated rings. The van der Waals surface area contributed by atoms with E-state index in [2.05, 4.69) is 5.32 Å². The molecule has 0 aromatic rings. The van der Waals surface area contributed by atoms with E-state index in [4.69, 9.17) is 17.3 Å². The predicted molar refractivity (Wildman–Crippen MR) is 44.0 cm³/mol. The Bertz CT molecular complexity index is 195. The fourth-order valence-corrected chi connectivity index (χ4v) is 1.20. The molecule has 1 heterocycles. The lowest BCUT2D eigenvalue weighted by atomic mass is 10.2. The van der Waals surface area contributed by atoms with Gasteiger partial charge in [0.15, 0.2) is 5.11 Å². The van der Waals surface area contributed by atoms with Gasteiger partial charge in [0, 0.05) is 13.7 Å². The molecular weight excluding hydrogens is 164 g/mol. The van der Waals surface area contributed by atoms with Gasteiger partial charge >= 0.3 is 0 Å². The van der Waals surface area contributed by atoms with Crippen LogP contribution in [-0.4, -0.2) is 40.7 Å². The molecule has 1 rings (SSSR count). The van der Waals surface area contributed by atoms with Crippen LogP contribution in [0.4, 0.5) is 0 Å². The molecule has 0 bridgehead atoms. The van der Waals surface area contributed by atoms with Crippen molar-refractivity contribution in [1.82, 2.24) is 10.2 Å². The maximum Gasteiger partial charge on any atom is 0.251 e. The molecular formula is C6H10N2O2S. The molecule has 1 amide bonds. The van der Waals surface area contributed by atoms with Gasteiger partial charge in [-0.3, -0.25) is 9.69 Å². The number of amides is 1. The van der Waals surface area contributed by atoms with Crippen LogP contribution in [0.25, 0.3) is 0 Å². The molecule has 0 saturated carbocycles. The fraction of sp³-hybridized carbons (Fsp3) is 0.667. The zero-order valence-corrected chi connectivity index (χ0v) is 7.02. The molecule has 0 aliphatic carbocycles. The number of hydrogen-bond acceptors (Lipinski definition) is 3. The number of aliphatic hydroxyl groups excluding tert-OH is 1. The number of nitrogens with zero attached hydrogens (tertiary/aromatic N) is 1. The number of carbonyl (C=O) groups excluding carboxylic acids is 1. The van der Waals surface area contributed by atoms with Gasteiger partial charge in [-0.05, 0) is 18.6 Å². The van der Waals surface area contributed by atoms with Crippen molar-refractivity contribution in [2.45, 2.75) is 12.5 Å². The van der Waals surface area contributed by atoms with Crippen molar-refractivity contribution >= 4 is 23.2 Å². The lowest BCUT2D eigenvalue weighted by Gasteiger charge is -2.05. The molecule has 0 radical (unpaired) electrons. The summed E-state index contributed by atoms with van der Waals surface area (Å²) in [4.78, 5) is 12.6. The number of aliphatic hydroxyl groups is 1. The summed E-state index contributed by atoms with van der Waals surface area (Å²) in [6, 6.07) is -0.322. The highest BCUT2D eigenvalue weighted by Gasteiger charge is 2.31. The first-order valence-corrected chi connectivity index (χ1v) is 3.76. The monoisotopic (exact) mass is 174 g/mol. The molecule has 1 atom stereocenters. The lowest BCUT2D eigenvalue weighted by molar-refractivity contribution is -0.126. The number of thiocarbonyl (C=S) groups is 1. The Hall–Kier alpha value is -0.680. The van der Waals surface area contributed by atoms with Crippen LogP contribution in [0.1, 0.15) is 6.42 Å². The van der Waals surface area contributed by atoms with Gasteiger partial charge in [0.05, 0.1) is 0 Å². The molecule has 11 heavy (non-hydrogen) atoms. The molecule has 4 nitrogen and oxygen atoms in total. The first-order valence-electron chi connectivity index (χ1n) is 3.35. The van der Waals surface area contributed by atoms with Crippen molar-refractivity contribution in [3.05, 3.63) is 0 Å². The Morgan fingerprint density at radius 2 is 2.45 bits per heavy atom. The summed E-state index contributed by atoms with van der Waals surface area (Å²) in [6.45, 7) is -0.000139. The van der Waals surface area contributed by atoms with Crippen molar-refractivity contribution in [3.8, 4) is 0 Å². The highest BCUT2D eigenvalue weighted by molar-refractivity contribution is 7.80. The van der Waals surface area contributed by atoms with Gasteiger partial charge in [-0.25, -0.2) is 0 Å². The third kappa shape index (κ3) is 1.49. The fourth-order valence-electron chi connectivity index (χ4n) is 0.966. The number of nitrogens with one attached hydrogen (secondary N) is 1. The molecule has 5 heteroatoms. The molecule has 62 valence electrons. The summed E-state index contributed by atoms with van der Waals surface area (Å²) in [5, 5.41) is 11.8. The van der Waals surface area contributed by atoms with Crippen LogP contribution in [0.5, 0.6) is 0 Å². The first-order chi connectivity index (χ1) is 5.16. The normalized spacial score (nSPS) is 24.2. The highest BCUT2D eigenvalue weighted by atomic mass is 32.1. The summed E-state index contributed by atoms with van der Waals surface area (Å²) < 4.78 is 0. The number of likely N-dealkylation sites (N-methyl/N-ethyl adjacent to an activating group) is 1. The quantitative estimate of drug-likeness (QED) is 0.532. The molecule has 0 aromatic heterocycles. The number of carbonyl (C=O) groups is 1. The van der Waals surface area contributed by atoms with Crippen molar-refractivity contribution < 1.29 is 9.90 Å². The summed E-state index contributed by atoms with van der Waals surface area (Å²) in [6.07, 6.45) is 0.420. The minimum atomic E-state index is -0.322. The maximum absolute atomic E-state index is 11.2. The van der Waals surface area contributed by atoms with Gasteiger partial charge in [-0.2, -0.15) is 0 Å². The van der Waals surface area contributed by atoms with Gasteiger partial charge in [-0.15, -0.1) is 0 Å². The second-order valence-electron chi connectivity index (χ2n) is 2.41. The second kappa shape index (κ2) is 3.15. The van der Waals surface area contributed by atoms with Gasteiger partial charge in [0.25, 0.3) is 5.91 Å². The van der Waals surface area contributed by atoms with E-state index < -0.39 is 0 Å². The van der Waals surface area contributed by atoms with E-state index in [0.29, 0.717) is 11.5 Å². The highest BCUT2D eigenvalue weighted by Crippen LogP contribution is 2.05. The molecule has 0 spiro atoms. The largest absolute Gasteiger partial charge is 0.396 e. The Morgan fingerprint density at radius 3 is 2.82 bits per heavy atom. The van der Waals surface area contributed by atoms with Crippen LogP contribution in [0.3, 0.4) is 0 Å². The van der Waals surface area contributed by atoms with Crippen LogP contribution in [0.15, 0.2) is 0 Å². The number of rotatable bonds is 2. The van der Waals surface area contributed by atoms with E-state index in [1.165, 1.54) is 4.90 Å². The molecule has 2 N–H and O–H groups in total. The Labute approximate surface area is 70.2 Å². The van der Waals surface area contributed by atoms with Crippen molar-refractivity contribution in [2.75, 3.05) is 13.7 Å². The van der Waals surface area contributed by atoms with E-state index in [1.807, 2.05) is 0 Å². The molecule has 0 aromatic carbocycles. The summed E-state index contributed by atoms with van der Waals surface area (Å²) in [5.74, 6) is -0.0657. The molecule has 1 aliphatic rings. The predicted octanol–water partition coefficient (Wildman–Crippen LogP) is -0.916. The average Bonchev–Trinajstić information content (AvgIpc) is 2.19. The first kappa shape index (κ1) is 8.42. The summed E-state index contributed by atoms with van der Waals surface area (Å²) >= 11 is 4.82. The molecule has 1 aliphatic heterocycles. The van der Waals surface area contributed by atoms with E-state index >= 15 is 0 Å². The zero-order valence-electron chi connectivity index (χ0n) is 6.20. The minimum absolute atomic E-state index is 0.000139. The number of hydrogen-bond donors (Lipinski definition) is 2. The second-order valence-corrected chi connectivity index (χ2v) is 2.80. The summed E-state index contributed by atoms with van der Waals surface area (Å²) in [7, 11) is 1.62. The van der Waals surface area contributed by atoms with E-state index in [1.54, 1.807) is 7.05 Å². The summed E-state index contributed by atoms with van der Waals surface area (Å²) in [5.41, 5.74) is 0. The van der Waals surface area contributed by atoms with Gasteiger partial charge in [-0.1, -0.05) is 0 Å². The average molecular weight is 174 g/mol. The zero-order chi connectivity index (χ0) is 8.43. The van der Waals surface area contributed by atoms with Crippen molar-refractivity contribution in [3.63, 3.8) is 0 Å². The van der Waals surface area contributed by atoms with Gasteiger partial charge < -0.3 is 10.4 Å². The maximum atomic E-state index is 11.2. The van der Waals surface area contributed by atoms with Crippen LogP contribution >= 0.6 is 12.2 Å². The van der Waals surface area contributed by atoms with Crippen LogP contribution in [-0.2, 0) is 4.79 Å². The van der Waals surface area contributed by atoms with Gasteiger partial charge in [0.1, 0.15) is 6.04 Å². The lowest BCUT2D eigenvalue weighted by Crippen LogP contribution is -2.29. The van der Waals surface area contributed by atoms with Crippen molar-refractivity contribution in [1.29, 1.82) is 0 Å².